The third-order valence-electron chi connectivity index (χ3n) is 3.91. The van der Waals surface area contributed by atoms with Crippen LogP contribution in [0, 0.1) is 0 Å². The van der Waals surface area contributed by atoms with E-state index in [1.807, 2.05) is 0 Å². The number of methoxy groups -OCH3 is 1. The third kappa shape index (κ3) is 2.88. The Kier molecular flexibility index (Phi) is 3.96. The molecule has 0 atom stereocenters. The molecular weight excluding hydrogens is 280 g/mol. The van der Waals surface area contributed by atoms with E-state index >= 15 is 0 Å². The van der Waals surface area contributed by atoms with Gasteiger partial charge in [-0.15, -0.1) is 0 Å². The molecule has 0 fully saturated rings. The number of H-pyrrole nitrogens is 1. The van der Waals surface area contributed by atoms with Crippen molar-refractivity contribution in [3.63, 3.8) is 0 Å². The van der Waals surface area contributed by atoms with Gasteiger partial charge in [-0.3, -0.25) is 9.59 Å². The van der Waals surface area contributed by atoms with Crippen LogP contribution in [0.3, 0.4) is 0 Å². The molecule has 5 heteroatoms. The normalized spacial score (nSPS) is 12.8. The summed E-state index contributed by atoms with van der Waals surface area (Å²) in [5.74, 6) is 0.463. The number of aryl methyl sites for hydroxylation is 1. The number of hydrogen-bond acceptors (Lipinski definition) is 3. The number of benzene rings is 1. The van der Waals surface area contributed by atoms with Gasteiger partial charge in [0.2, 0.25) is 5.91 Å². The molecule has 1 aliphatic carbocycles. The van der Waals surface area contributed by atoms with Crippen LogP contribution in [-0.2, 0) is 24.1 Å². The van der Waals surface area contributed by atoms with Gasteiger partial charge in [0.15, 0.2) is 5.43 Å². The maximum Gasteiger partial charge on any atom is 0.229 e. The summed E-state index contributed by atoms with van der Waals surface area (Å²) in [7, 11) is 1.57. The van der Waals surface area contributed by atoms with Gasteiger partial charge in [-0.25, -0.2) is 0 Å². The van der Waals surface area contributed by atoms with Gasteiger partial charge >= 0.3 is 0 Å². The van der Waals surface area contributed by atoms with E-state index in [0.29, 0.717) is 17.0 Å². The van der Waals surface area contributed by atoms with Crippen molar-refractivity contribution in [2.45, 2.75) is 25.7 Å². The molecule has 0 radical (unpaired) electrons. The van der Waals surface area contributed by atoms with Crippen molar-refractivity contribution < 1.29 is 9.53 Å². The summed E-state index contributed by atoms with van der Waals surface area (Å²) in [6.07, 6.45) is 4.45. The molecule has 0 spiro atoms. The van der Waals surface area contributed by atoms with E-state index in [4.69, 9.17) is 4.74 Å². The Morgan fingerprint density at radius 2 is 2.23 bits per heavy atom. The number of aromatic nitrogens is 1. The van der Waals surface area contributed by atoms with Crippen LogP contribution in [0.15, 0.2) is 35.3 Å². The average molecular weight is 298 g/mol. The molecule has 0 unspecified atom stereocenters. The molecule has 5 nitrogen and oxygen atoms in total. The maximum atomic E-state index is 12.3. The summed E-state index contributed by atoms with van der Waals surface area (Å²) >= 11 is 0. The minimum Gasteiger partial charge on any atom is -0.497 e. The number of amides is 1. The smallest absolute Gasteiger partial charge is 0.229 e. The molecule has 3 rings (SSSR count). The highest BCUT2D eigenvalue weighted by Gasteiger charge is 2.18. The van der Waals surface area contributed by atoms with Crippen LogP contribution >= 0.6 is 0 Å². The average Bonchev–Trinajstić information content (AvgIpc) is 2.99. The van der Waals surface area contributed by atoms with Crippen molar-refractivity contribution in [3.05, 3.63) is 57.5 Å². The Morgan fingerprint density at radius 1 is 1.36 bits per heavy atom. The second-order valence-corrected chi connectivity index (χ2v) is 5.41. The minimum absolute atomic E-state index is 0.00652. The first-order valence-electron chi connectivity index (χ1n) is 7.33. The summed E-state index contributed by atoms with van der Waals surface area (Å²) in [5, 5.41) is 2.79. The molecule has 0 bridgehead atoms. The number of rotatable bonds is 4. The number of carbonyl (C=O) groups is 1. The SMILES string of the molecule is COc1cccc(NC(=O)Cc2c[nH]c3c(c2=O)CCC3)c1. The molecule has 1 aromatic heterocycles. The number of hydrogen-bond donors (Lipinski definition) is 2. The fourth-order valence-corrected chi connectivity index (χ4v) is 2.80. The summed E-state index contributed by atoms with van der Waals surface area (Å²) < 4.78 is 5.12. The number of aromatic amines is 1. The minimum atomic E-state index is -0.211. The van der Waals surface area contributed by atoms with Crippen molar-refractivity contribution in [3.8, 4) is 5.75 Å². The summed E-state index contributed by atoms with van der Waals surface area (Å²) in [4.78, 5) is 27.6. The van der Waals surface area contributed by atoms with Gasteiger partial charge < -0.3 is 15.0 Å². The van der Waals surface area contributed by atoms with Crippen LogP contribution in [0.2, 0.25) is 0 Å². The zero-order chi connectivity index (χ0) is 15.5. The van der Waals surface area contributed by atoms with Crippen LogP contribution in [0.4, 0.5) is 5.69 Å². The van der Waals surface area contributed by atoms with Gasteiger partial charge in [-0.05, 0) is 31.4 Å². The van der Waals surface area contributed by atoms with Crippen LogP contribution < -0.4 is 15.5 Å². The molecule has 114 valence electrons. The van der Waals surface area contributed by atoms with Gasteiger partial charge in [-0.1, -0.05) is 6.07 Å². The number of nitrogens with one attached hydrogen (secondary N) is 2. The molecule has 0 saturated heterocycles. The van der Waals surface area contributed by atoms with Gasteiger partial charge in [0.05, 0.1) is 13.5 Å². The molecule has 2 aromatic rings. The molecule has 1 aliphatic rings. The zero-order valence-corrected chi connectivity index (χ0v) is 12.4. The van der Waals surface area contributed by atoms with E-state index < -0.39 is 0 Å². The number of carbonyl (C=O) groups excluding carboxylic acids is 1. The van der Waals surface area contributed by atoms with Crippen LogP contribution in [0.1, 0.15) is 23.2 Å². The molecule has 0 saturated carbocycles. The van der Waals surface area contributed by atoms with E-state index in [2.05, 4.69) is 10.3 Å². The maximum absolute atomic E-state index is 12.3. The Balaban J connectivity index is 1.73. The lowest BCUT2D eigenvalue weighted by atomic mass is 10.1. The van der Waals surface area contributed by atoms with E-state index in [9.17, 15) is 9.59 Å². The van der Waals surface area contributed by atoms with Crippen LogP contribution in [-0.4, -0.2) is 18.0 Å². The Morgan fingerprint density at radius 3 is 3.05 bits per heavy atom. The Hall–Kier alpha value is -2.56. The van der Waals surface area contributed by atoms with Gasteiger partial charge in [0.25, 0.3) is 0 Å². The highest BCUT2D eigenvalue weighted by atomic mass is 16.5. The van der Waals surface area contributed by atoms with Crippen molar-refractivity contribution in [2.75, 3.05) is 12.4 Å². The van der Waals surface area contributed by atoms with Crippen molar-refractivity contribution in [1.82, 2.24) is 4.98 Å². The third-order valence-corrected chi connectivity index (χ3v) is 3.91. The lowest BCUT2D eigenvalue weighted by molar-refractivity contribution is -0.115. The molecular formula is C17H18N2O3. The number of fused-ring (bicyclic) bond motifs is 1. The monoisotopic (exact) mass is 298 g/mol. The van der Waals surface area contributed by atoms with Gasteiger partial charge in [0.1, 0.15) is 5.75 Å². The fraction of sp³-hybridized carbons (Fsp3) is 0.294. The largest absolute Gasteiger partial charge is 0.497 e. The molecule has 1 amide bonds. The first-order chi connectivity index (χ1) is 10.7. The predicted molar refractivity (Wildman–Crippen MR) is 84.4 cm³/mol. The van der Waals surface area contributed by atoms with Crippen LogP contribution in [0.25, 0.3) is 0 Å². The first-order valence-corrected chi connectivity index (χ1v) is 7.33. The summed E-state index contributed by atoms with van der Waals surface area (Å²) in [5.41, 5.74) is 3.03. The highest BCUT2D eigenvalue weighted by Crippen LogP contribution is 2.18. The highest BCUT2D eigenvalue weighted by molar-refractivity contribution is 5.92. The molecule has 2 N–H and O–H groups in total. The molecule has 22 heavy (non-hydrogen) atoms. The standard InChI is InChI=1S/C17H18N2O3/c1-22-13-5-2-4-12(9-13)19-16(20)8-11-10-18-15-7-3-6-14(15)17(11)21/h2,4-5,9-10H,3,6-8H2,1H3,(H,18,21)(H,19,20). The van der Waals surface area contributed by atoms with Gasteiger partial charge in [-0.2, -0.15) is 0 Å². The summed E-state index contributed by atoms with van der Waals surface area (Å²) in [6, 6.07) is 7.13. The molecule has 1 aromatic carbocycles. The van der Waals surface area contributed by atoms with E-state index in [1.165, 1.54) is 0 Å². The van der Waals surface area contributed by atoms with Crippen molar-refractivity contribution in [1.29, 1.82) is 0 Å². The Bertz CT molecular complexity index is 765. The predicted octanol–water partition coefficient (Wildman–Crippen LogP) is 2.05. The molecule has 0 aliphatic heterocycles. The first kappa shape index (κ1) is 14.4. The lowest BCUT2D eigenvalue weighted by Gasteiger charge is -2.08. The second-order valence-electron chi connectivity index (χ2n) is 5.41. The van der Waals surface area contributed by atoms with Crippen molar-refractivity contribution >= 4 is 11.6 Å². The number of ether oxygens (including phenoxy) is 1. The van der Waals surface area contributed by atoms with Crippen LogP contribution in [0.5, 0.6) is 5.75 Å². The number of anilines is 1. The summed E-state index contributed by atoms with van der Waals surface area (Å²) in [6.45, 7) is 0. The Labute approximate surface area is 128 Å². The van der Waals surface area contributed by atoms with E-state index in [1.54, 1.807) is 37.6 Å². The van der Waals surface area contributed by atoms with E-state index in [-0.39, 0.29) is 17.8 Å². The quantitative estimate of drug-likeness (QED) is 0.907. The molecule has 1 heterocycles. The second kappa shape index (κ2) is 6.05. The lowest BCUT2D eigenvalue weighted by Crippen LogP contribution is -2.22. The van der Waals surface area contributed by atoms with Crippen molar-refractivity contribution in [2.24, 2.45) is 0 Å². The number of pyridine rings is 1. The zero-order valence-electron chi connectivity index (χ0n) is 12.4. The van der Waals surface area contributed by atoms with E-state index in [0.717, 1.165) is 30.5 Å². The fourth-order valence-electron chi connectivity index (χ4n) is 2.80. The topological polar surface area (TPSA) is 71.2 Å². The van der Waals surface area contributed by atoms with Gasteiger partial charge in [0, 0.05) is 34.8 Å².